The molecule has 0 aliphatic rings. The highest BCUT2D eigenvalue weighted by Crippen LogP contribution is 2.35. The molecule has 0 aliphatic carbocycles. The molecule has 0 fully saturated rings. The van der Waals surface area contributed by atoms with Gasteiger partial charge in [-0.2, -0.15) is 0 Å². The molecule has 4 nitrogen and oxygen atoms in total. The van der Waals surface area contributed by atoms with E-state index in [9.17, 15) is 10.0 Å². The van der Waals surface area contributed by atoms with Crippen molar-refractivity contribution in [2.45, 2.75) is 71.6 Å². The predicted octanol–water partition coefficient (Wildman–Crippen LogP) is 5.36. The number of hydroxylamine groups is 3. The van der Waals surface area contributed by atoms with E-state index in [1.165, 1.54) is 44.1 Å². The molecule has 27 heavy (non-hydrogen) atoms. The lowest BCUT2D eigenvalue weighted by molar-refractivity contribution is -0.839. The van der Waals surface area contributed by atoms with E-state index in [1.807, 2.05) is 19.1 Å². The molecule has 1 aromatic carbocycles. The molecule has 0 unspecified atom stereocenters. The summed E-state index contributed by atoms with van der Waals surface area (Å²) in [5, 5.41) is 11.8. The Labute approximate surface area is 166 Å². The van der Waals surface area contributed by atoms with E-state index in [2.05, 4.69) is 32.9 Å². The minimum Gasteiger partial charge on any atom is -0.633 e. The van der Waals surface area contributed by atoms with Crippen LogP contribution in [0.3, 0.4) is 0 Å². The third kappa shape index (κ3) is 7.63. The Balaban J connectivity index is 2.92. The molecule has 4 heteroatoms. The van der Waals surface area contributed by atoms with Gasteiger partial charge >= 0.3 is 0 Å². The van der Waals surface area contributed by atoms with Crippen molar-refractivity contribution in [3.05, 3.63) is 40.6 Å². The van der Waals surface area contributed by atoms with Gasteiger partial charge in [0.1, 0.15) is 0 Å². The molecule has 0 saturated carbocycles. The van der Waals surface area contributed by atoms with Crippen LogP contribution in [0.25, 0.3) is 0 Å². The quantitative estimate of drug-likeness (QED) is 0.364. The van der Waals surface area contributed by atoms with E-state index in [4.69, 9.17) is 0 Å². The fourth-order valence-electron chi connectivity index (χ4n) is 3.51. The lowest BCUT2D eigenvalue weighted by Crippen LogP contribution is -2.42. The maximum Gasteiger partial charge on any atom is 0.254 e. The Morgan fingerprint density at radius 3 is 1.96 bits per heavy atom. The molecular formula is C23H40N2O2. The fraction of sp³-hybridized carbons (Fsp3) is 0.696. The van der Waals surface area contributed by atoms with Crippen LogP contribution in [0, 0.1) is 5.21 Å². The Hall–Kier alpha value is -1.39. The van der Waals surface area contributed by atoms with Crippen LogP contribution in [0.5, 0.6) is 0 Å². The second-order valence-corrected chi connectivity index (χ2v) is 8.53. The highest BCUT2D eigenvalue weighted by atomic mass is 16.5. The van der Waals surface area contributed by atoms with Gasteiger partial charge in [-0.25, -0.2) is 0 Å². The van der Waals surface area contributed by atoms with Crippen LogP contribution in [0.4, 0.5) is 0 Å². The van der Waals surface area contributed by atoms with Gasteiger partial charge in [-0.1, -0.05) is 58.6 Å². The molecule has 0 bridgehead atoms. The summed E-state index contributed by atoms with van der Waals surface area (Å²) in [6.07, 6.45) is 7.25. The second kappa shape index (κ2) is 10.8. The smallest absolute Gasteiger partial charge is 0.254 e. The first-order chi connectivity index (χ1) is 12.7. The van der Waals surface area contributed by atoms with Crippen molar-refractivity contribution in [3.8, 4) is 0 Å². The average molecular weight is 377 g/mol. The third-order valence-corrected chi connectivity index (χ3v) is 5.57. The van der Waals surface area contributed by atoms with E-state index in [0.29, 0.717) is 25.2 Å². The number of carbonyl (C=O) groups is 1. The highest BCUT2D eigenvalue weighted by molar-refractivity contribution is 5.94. The van der Waals surface area contributed by atoms with Crippen LogP contribution in [0.2, 0.25) is 0 Å². The maximum absolute atomic E-state index is 12.8. The zero-order valence-electron chi connectivity index (χ0n) is 18.4. The molecule has 154 valence electrons. The van der Waals surface area contributed by atoms with Crippen LogP contribution in [0.1, 0.15) is 82.1 Å². The Kier molecular flexibility index (Phi) is 9.48. The van der Waals surface area contributed by atoms with E-state index in [0.717, 1.165) is 0 Å². The molecule has 0 aliphatic heterocycles. The largest absolute Gasteiger partial charge is 0.633 e. The number of unbranched alkanes of at least 4 members (excludes halogenated alkanes) is 2. The van der Waals surface area contributed by atoms with Gasteiger partial charge in [0.05, 0.1) is 27.2 Å². The summed E-state index contributed by atoms with van der Waals surface area (Å²) in [6, 6.07) is 8.21. The lowest BCUT2D eigenvalue weighted by atomic mass is 9.74. The molecule has 0 heterocycles. The molecule has 1 amide bonds. The summed E-state index contributed by atoms with van der Waals surface area (Å²) in [5.41, 5.74) is 2.23. The zero-order chi connectivity index (χ0) is 20.5. The van der Waals surface area contributed by atoms with Crippen LogP contribution in [-0.4, -0.2) is 49.2 Å². The number of quaternary nitrogens is 1. The number of benzene rings is 1. The zero-order valence-corrected chi connectivity index (χ0v) is 18.4. The van der Waals surface area contributed by atoms with Gasteiger partial charge in [0.25, 0.3) is 5.91 Å². The topological polar surface area (TPSA) is 43.4 Å². The van der Waals surface area contributed by atoms with Gasteiger partial charge in [-0.15, -0.1) is 0 Å². The van der Waals surface area contributed by atoms with Gasteiger partial charge < -0.3 is 14.8 Å². The lowest BCUT2D eigenvalue weighted by Gasteiger charge is -2.35. The van der Waals surface area contributed by atoms with Crippen LogP contribution in [0.15, 0.2) is 24.3 Å². The Morgan fingerprint density at radius 1 is 1.04 bits per heavy atom. The SMILES string of the molecule is CCCCC(C)(CCCC)c1ccc(C(=O)N(CC)CC[N+](C)(C)[O-])cc1. The number of amides is 1. The van der Waals surface area contributed by atoms with Crippen molar-refractivity contribution >= 4 is 5.91 Å². The summed E-state index contributed by atoms with van der Waals surface area (Å²) in [6.45, 7) is 10.3. The number of hydrogen-bond donors (Lipinski definition) is 0. The number of carbonyl (C=O) groups excluding carboxylic acids is 1. The molecule has 1 rings (SSSR count). The molecular weight excluding hydrogens is 336 g/mol. The van der Waals surface area contributed by atoms with Gasteiger partial charge in [0.15, 0.2) is 0 Å². The maximum atomic E-state index is 12.8. The van der Waals surface area contributed by atoms with E-state index in [1.54, 1.807) is 19.0 Å². The van der Waals surface area contributed by atoms with Crippen LogP contribution in [-0.2, 0) is 5.41 Å². The summed E-state index contributed by atoms with van der Waals surface area (Å²) >= 11 is 0. The molecule has 0 aromatic heterocycles. The number of likely N-dealkylation sites (N-methyl/N-ethyl adjacent to an activating group) is 2. The van der Waals surface area contributed by atoms with Crippen molar-refractivity contribution in [1.29, 1.82) is 0 Å². The van der Waals surface area contributed by atoms with E-state index >= 15 is 0 Å². The normalized spacial score (nSPS) is 12.3. The van der Waals surface area contributed by atoms with Crippen LogP contribution < -0.4 is 0 Å². The molecule has 0 N–H and O–H groups in total. The first-order valence-electron chi connectivity index (χ1n) is 10.6. The van der Waals surface area contributed by atoms with Crippen LogP contribution >= 0.6 is 0 Å². The van der Waals surface area contributed by atoms with Gasteiger partial charge in [0, 0.05) is 12.1 Å². The summed E-state index contributed by atoms with van der Waals surface area (Å²) in [4.78, 5) is 14.6. The van der Waals surface area contributed by atoms with E-state index < -0.39 is 0 Å². The minimum atomic E-state index is -0.379. The summed E-state index contributed by atoms with van der Waals surface area (Å²) in [5.74, 6) is 0.0151. The van der Waals surface area contributed by atoms with Crippen molar-refractivity contribution in [1.82, 2.24) is 4.90 Å². The van der Waals surface area contributed by atoms with Crippen molar-refractivity contribution in [2.75, 3.05) is 33.7 Å². The predicted molar refractivity (Wildman–Crippen MR) is 115 cm³/mol. The fourth-order valence-corrected chi connectivity index (χ4v) is 3.51. The second-order valence-electron chi connectivity index (χ2n) is 8.53. The van der Waals surface area contributed by atoms with Gasteiger partial charge in [0.2, 0.25) is 0 Å². The first kappa shape index (κ1) is 23.6. The Morgan fingerprint density at radius 2 is 1.56 bits per heavy atom. The standard InChI is InChI=1S/C23H40N2O2/c1-7-10-16-23(4,17-11-8-2)21-14-12-20(13-15-21)22(26)24(9-3)18-19-25(5,6)27/h12-15H,7-11,16-19H2,1-6H3. The van der Waals surface area contributed by atoms with Crippen molar-refractivity contribution < 1.29 is 9.44 Å². The molecule has 0 atom stereocenters. The summed E-state index contributed by atoms with van der Waals surface area (Å²) in [7, 11) is 3.22. The Bertz CT molecular complexity index is 553. The van der Waals surface area contributed by atoms with Crippen molar-refractivity contribution in [3.63, 3.8) is 0 Å². The highest BCUT2D eigenvalue weighted by Gasteiger charge is 2.26. The third-order valence-electron chi connectivity index (χ3n) is 5.57. The number of rotatable bonds is 12. The van der Waals surface area contributed by atoms with Gasteiger partial charge in [-0.3, -0.25) is 4.79 Å². The number of hydrogen-bond acceptors (Lipinski definition) is 2. The molecule has 0 radical (unpaired) electrons. The molecule has 0 spiro atoms. The summed E-state index contributed by atoms with van der Waals surface area (Å²) < 4.78 is -0.379. The van der Waals surface area contributed by atoms with E-state index in [-0.39, 0.29) is 16.0 Å². The monoisotopic (exact) mass is 376 g/mol. The van der Waals surface area contributed by atoms with Crippen molar-refractivity contribution in [2.24, 2.45) is 0 Å². The molecule has 1 aromatic rings. The first-order valence-corrected chi connectivity index (χ1v) is 10.6. The van der Waals surface area contributed by atoms with Gasteiger partial charge in [-0.05, 0) is 42.9 Å². The number of nitrogens with zero attached hydrogens (tertiary/aromatic N) is 2. The molecule has 0 saturated heterocycles. The minimum absolute atomic E-state index is 0.0151. The average Bonchev–Trinajstić information content (AvgIpc) is 2.64.